The van der Waals surface area contributed by atoms with Gasteiger partial charge >= 0.3 is 0 Å². The van der Waals surface area contributed by atoms with Gasteiger partial charge in [-0.05, 0) is 18.4 Å². The number of rotatable bonds is 2. The Morgan fingerprint density at radius 1 is 1.32 bits per heavy atom. The van der Waals surface area contributed by atoms with Crippen molar-refractivity contribution < 1.29 is 9.59 Å². The largest absolute Gasteiger partial charge is 0.341 e. The third-order valence-corrected chi connectivity index (χ3v) is 3.97. The SMILES string of the molecule is N[C@@]12CCCN1C(=O)C(Cc1ccccc1)NC2=O. The molecule has 0 bridgehead atoms. The molecule has 5 heteroatoms. The average molecular weight is 259 g/mol. The second-order valence-electron chi connectivity index (χ2n) is 5.23. The molecule has 2 heterocycles. The highest BCUT2D eigenvalue weighted by Crippen LogP contribution is 2.29. The molecule has 3 rings (SSSR count). The number of nitrogens with two attached hydrogens (primary N) is 1. The van der Waals surface area contributed by atoms with Gasteiger partial charge in [-0.15, -0.1) is 0 Å². The summed E-state index contributed by atoms with van der Waals surface area (Å²) in [5, 5.41) is 2.77. The van der Waals surface area contributed by atoms with E-state index in [1.165, 1.54) is 0 Å². The lowest BCUT2D eigenvalue weighted by Crippen LogP contribution is -2.72. The molecule has 2 saturated heterocycles. The number of nitrogens with zero attached hydrogens (tertiary/aromatic N) is 1. The van der Waals surface area contributed by atoms with Gasteiger partial charge in [0.25, 0.3) is 5.91 Å². The Bertz CT molecular complexity index is 517. The molecule has 0 aromatic heterocycles. The number of carbonyl (C=O) groups is 2. The van der Waals surface area contributed by atoms with Crippen LogP contribution >= 0.6 is 0 Å². The normalized spacial score (nSPS) is 30.2. The predicted molar refractivity (Wildman–Crippen MR) is 69.9 cm³/mol. The van der Waals surface area contributed by atoms with Crippen molar-refractivity contribution in [2.75, 3.05) is 6.54 Å². The maximum Gasteiger partial charge on any atom is 0.261 e. The van der Waals surface area contributed by atoms with Gasteiger partial charge in [-0.1, -0.05) is 30.3 Å². The van der Waals surface area contributed by atoms with Gasteiger partial charge in [-0.2, -0.15) is 0 Å². The van der Waals surface area contributed by atoms with E-state index in [-0.39, 0.29) is 11.8 Å². The smallest absolute Gasteiger partial charge is 0.261 e. The third-order valence-electron chi connectivity index (χ3n) is 3.97. The quantitative estimate of drug-likeness (QED) is 0.785. The van der Waals surface area contributed by atoms with Crippen LogP contribution in [0.5, 0.6) is 0 Å². The van der Waals surface area contributed by atoms with Crippen LogP contribution in [0.1, 0.15) is 18.4 Å². The fraction of sp³-hybridized carbons (Fsp3) is 0.429. The molecule has 5 nitrogen and oxygen atoms in total. The number of piperazine rings is 1. The van der Waals surface area contributed by atoms with E-state index >= 15 is 0 Å². The first-order valence-corrected chi connectivity index (χ1v) is 6.56. The summed E-state index contributed by atoms with van der Waals surface area (Å²) in [7, 11) is 0. The summed E-state index contributed by atoms with van der Waals surface area (Å²) in [5.41, 5.74) is 5.96. The van der Waals surface area contributed by atoms with Gasteiger partial charge in [0.05, 0.1) is 0 Å². The molecule has 3 N–H and O–H groups in total. The number of hydrogen-bond donors (Lipinski definition) is 2. The second-order valence-corrected chi connectivity index (χ2v) is 5.23. The van der Waals surface area contributed by atoms with Crippen LogP contribution < -0.4 is 11.1 Å². The van der Waals surface area contributed by atoms with Crippen LogP contribution in [0.2, 0.25) is 0 Å². The van der Waals surface area contributed by atoms with Crippen molar-refractivity contribution >= 4 is 11.8 Å². The van der Waals surface area contributed by atoms with E-state index in [0.29, 0.717) is 19.4 Å². The van der Waals surface area contributed by atoms with Crippen molar-refractivity contribution in [1.29, 1.82) is 0 Å². The molecule has 1 aromatic rings. The molecular formula is C14H17N3O2. The first-order valence-electron chi connectivity index (χ1n) is 6.56. The number of nitrogens with one attached hydrogen (secondary N) is 1. The minimum Gasteiger partial charge on any atom is -0.341 e. The van der Waals surface area contributed by atoms with Crippen molar-refractivity contribution in [3.63, 3.8) is 0 Å². The van der Waals surface area contributed by atoms with Gasteiger partial charge in [0, 0.05) is 13.0 Å². The van der Waals surface area contributed by atoms with E-state index in [4.69, 9.17) is 5.73 Å². The predicted octanol–water partition coefficient (Wildman–Crippen LogP) is 0.00490. The van der Waals surface area contributed by atoms with Crippen LogP contribution in [0.25, 0.3) is 0 Å². The average Bonchev–Trinajstić information content (AvgIpc) is 2.81. The Morgan fingerprint density at radius 3 is 2.79 bits per heavy atom. The first-order chi connectivity index (χ1) is 9.11. The molecule has 1 unspecified atom stereocenters. The molecule has 2 amide bonds. The maximum atomic E-state index is 12.4. The minimum atomic E-state index is -1.12. The molecule has 100 valence electrons. The molecule has 19 heavy (non-hydrogen) atoms. The summed E-state index contributed by atoms with van der Waals surface area (Å²) >= 11 is 0. The summed E-state index contributed by atoms with van der Waals surface area (Å²) < 4.78 is 0. The fourth-order valence-electron chi connectivity index (χ4n) is 2.91. The molecule has 2 aliphatic rings. The molecule has 0 spiro atoms. The number of hydrogen-bond acceptors (Lipinski definition) is 3. The highest BCUT2D eigenvalue weighted by molar-refractivity contribution is 6.00. The molecular weight excluding hydrogens is 242 g/mol. The van der Waals surface area contributed by atoms with Gasteiger partial charge in [0.1, 0.15) is 6.04 Å². The zero-order valence-electron chi connectivity index (χ0n) is 10.6. The molecule has 0 radical (unpaired) electrons. The van der Waals surface area contributed by atoms with Gasteiger partial charge in [-0.25, -0.2) is 0 Å². The minimum absolute atomic E-state index is 0.0662. The monoisotopic (exact) mass is 259 g/mol. The zero-order valence-corrected chi connectivity index (χ0v) is 10.6. The highest BCUT2D eigenvalue weighted by atomic mass is 16.2. The molecule has 2 fully saturated rings. The van der Waals surface area contributed by atoms with Crippen molar-refractivity contribution in [2.45, 2.75) is 31.0 Å². The van der Waals surface area contributed by atoms with E-state index in [9.17, 15) is 9.59 Å². The lowest BCUT2D eigenvalue weighted by atomic mass is 9.98. The Morgan fingerprint density at radius 2 is 2.05 bits per heavy atom. The highest BCUT2D eigenvalue weighted by Gasteiger charge is 2.52. The van der Waals surface area contributed by atoms with Crippen molar-refractivity contribution in [1.82, 2.24) is 10.2 Å². The Hall–Kier alpha value is -1.88. The van der Waals surface area contributed by atoms with Crippen LogP contribution in [0, 0.1) is 0 Å². The van der Waals surface area contributed by atoms with Crippen molar-refractivity contribution in [3.8, 4) is 0 Å². The topological polar surface area (TPSA) is 75.4 Å². The second kappa shape index (κ2) is 4.35. The summed E-state index contributed by atoms with van der Waals surface area (Å²) in [6.07, 6.45) is 1.84. The lowest BCUT2D eigenvalue weighted by Gasteiger charge is -2.41. The Kier molecular flexibility index (Phi) is 2.78. The summed E-state index contributed by atoms with van der Waals surface area (Å²) in [6.45, 7) is 0.577. The van der Waals surface area contributed by atoms with Crippen LogP contribution in [0.15, 0.2) is 30.3 Å². The van der Waals surface area contributed by atoms with Crippen LogP contribution in [-0.2, 0) is 16.0 Å². The van der Waals surface area contributed by atoms with E-state index in [1.54, 1.807) is 4.90 Å². The summed E-state index contributed by atoms with van der Waals surface area (Å²) in [6, 6.07) is 9.18. The number of amides is 2. The molecule has 0 aliphatic carbocycles. The number of benzene rings is 1. The molecule has 1 aromatic carbocycles. The van der Waals surface area contributed by atoms with Gasteiger partial charge in [0.2, 0.25) is 5.91 Å². The van der Waals surface area contributed by atoms with Crippen LogP contribution in [0.3, 0.4) is 0 Å². The Labute approximate surface area is 111 Å². The van der Waals surface area contributed by atoms with Crippen molar-refractivity contribution in [3.05, 3.63) is 35.9 Å². The standard InChI is InChI=1S/C14H17N3O2/c15-14-7-4-8-17(14)12(18)11(16-13(14)19)9-10-5-2-1-3-6-10/h1-3,5-6,11H,4,7-9,15H2,(H,16,19)/t11?,14-/m0/s1. The van der Waals surface area contributed by atoms with Crippen LogP contribution in [0.4, 0.5) is 0 Å². The first kappa shape index (κ1) is 12.2. The molecule has 2 atom stereocenters. The van der Waals surface area contributed by atoms with E-state index < -0.39 is 11.7 Å². The summed E-state index contributed by atoms with van der Waals surface area (Å²) in [5.74, 6) is -0.297. The van der Waals surface area contributed by atoms with Gasteiger partial charge in [0.15, 0.2) is 5.66 Å². The van der Waals surface area contributed by atoms with E-state index in [1.807, 2.05) is 30.3 Å². The number of fused-ring (bicyclic) bond motifs is 1. The van der Waals surface area contributed by atoms with E-state index in [2.05, 4.69) is 5.32 Å². The zero-order chi connectivity index (χ0) is 13.5. The van der Waals surface area contributed by atoms with Gasteiger partial charge < -0.3 is 16.0 Å². The molecule has 2 aliphatic heterocycles. The van der Waals surface area contributed by atoms with Crippen molar-refractivity contribution in [2.24, 2.45) is 5.73 Å². The maximum absolute atomic E-state index is 12.4. The van der Waals surface area contributed by atoms with Crippen LogP contribution in [-0.4, -0.2) is 35.0 Å². The van der Waals surface area contributed by atoms with E-state index in [0.717, 1.165) is 12.0 Å². The molecule has 0 saturated carbocycles. The Balaban J connectivity index is 1.81. The number of carbonyl (C=O) groups excluding carboxylic acids is 2. The lowest BCUT2D eigenvalue weighted by molar-refractivity contribution is -0.154. The summed E-state index contributed by atoms with van der Waals surface area (Å²) in [4.78, 5) is 26.0. The fourth-order valence-corrected chi connectivity index (χ4v) is 2.91. The third kappa shape index (κ3) is 1.90. The van der Waals surface area contributed by atoms with Gasteiger partial charge in [-0.3, -0.25) is 9.59 Å².